The van der Waals surface area contributed by atoms with Gasteiger partial charge in [-0.25, -0.2) is 4.98 Å². The van der Waals surface area contributed by atoms with Crippen LogP contribution in [0.5, 0.6) is 5.75 Å². The number of nitrogens with zero attached hydrogens (tertiary/aromatic N) is 1. The van der Waals surface area contributed by atoms with Gasteiger partial charge in [-0.15, -0.1) is 11.3 Å². The standard InChI is InChI=1S/C16H22N2OS2/c1-16(2,3)18-10-12-5-6-14(19-4)13(9-12)11-21-15-17-7-8-20-15/h5-9,18H,10-11H2,1-4H3. The molecule has 21 heavy (non-hydrogen) atoms. The van der Waals surface area contributed by atoms with Crippen LogP contribution in [0.4, 0.5) is 0 Å². The highest BCUT2D eigenvalue weighted by Crippen LogP contribution is 2.29. The topological polar surface area (TPSA) is 34.1 Å². The van der Waals surface area contributed by atoms with Crippen molar-refractivity contribution >= 4 is 23.1 Å². The van der Waals surface area contributed by atoms with Gasteiger partial charge in [-0.3, -0.25) is 0 Å². The molecule has 0 aliphatic heterocycles. The Labute approximate surface area is 135 Å². The van der Waals surface area contributed by atoms with Crippen LogP contribution < -0.4 is 10.1 Å². The lowest BCUT2D eigenvalue weighted by Gasteiger charge is -2.21. The van der Waals surface area contributed by atoms with Crippen molar-refractivity contribution in [1.82, 2.24) is 10.3 Å². The largest absolute Gasteiger partial charge is 0.496 e. The predicted octanol–water partition coefficient (Wildman–Crippen LogP) is 4.33. The van der Waals surface area contributed by atoms with Gasteiger partial charge in [-0.1, -0.05) is 17.8 Å². The second-order valence-corrected chi connectivity index (χ2v) is 7.95. The molecule has 1 heterocycles. The summed E-state index contributed by atoms with van der Waals surface area (Å²) in [6.07, 6.45) is 1.84. The molecule has 0 unspecified atom stereocenters. The monoisotopic (exact) mass is 322 g/mol. The van der Waals surface area contributed by atoms with E-state index in [0.29, 0.717) is 0 Å². The Kier molecular flexibility index (Phi) is 5.67. The lowest BCUT2D eigenvalue weighted by atomic mass is 10.1. The molecule has 0 saturated heterocycles. The Bertz CT molecular complexity index is 562. The summed E-state index contributed by atoms with van der Waals surface area (Å²) < 4.78 is 6.56. The Morgan fingerprint density at radius 3 is 2.76 bits per heavy atom. The van der Waals surface area contributed by atoms with Crippen LogP contribution in [0, 0.1) is 0 Å². The number of aromatic nitrogens is 1. The van der Waals surface area contributed by atoms with E-state index in [1.165, 1.54) is 11.1 Å². The van der Waals surface area contributed by atoms with Gasteiger partial charge in [0.05, 0.1) is 7.11 Å². The summed E-state index contributed by atoms with van der Waals surface area (Å²) in [7, 11) is 1.72. The molecule has 2 aromatic rings. The molecule has 0 bridgehead atoms. The van der Waals surface area contributed by atoms with E-state index in [4.69, 9.17) is 4.74 Å². The number of thioether (sulfide) groups is 1. The molecule has 0 radical (unpaired) electrons. The summed E-state index contributed by atoms with van der Waals surface area (Å²) in [4.78, 5) is 4.31. The highest BCUT2D eigenvalue weighted by Gasteiger charge is 2.10. The Hall–Kier alpha value is -1.04. The SMILES string of the molecule is COc1ccc(CNC(C)(C)C)cc1CSc1nccs1. The molecule has 5 heteroatoms. The Morgan fingerprint density at radius 2 is 2.14 bits per heavy atom. The van der Waals surface area contributed by atoms with E-state index >= 15 is 0 Å². The van der Waals surface area contributed by atoms with E-state index in [0.717, 1.165) is 22.4 Å². The molecule has 3 nitrogen and oxygen atoms in total. The third kappa shape index (κ3) is 5.34. The van der Waals surface area contributed by atoms with E-state index in [-0.39, 0.29) is 5.54 Å². The van der Waals surface area contributed by atoms with Crippen LogP contribution in [-0.4, -0.2) is 17.6 Å². The fourth-order valence-corrected chi connectivity index (χ4v) is 3.46. The van der Waals surface area contributed by atoms with Crippen molar-refractivity contribution in [2.75, 3.05) is 7.11 Å². The molecule has 1 N–H and O–H groups in total. The van der Waals surface area contributed by atoms with Gasteiger partial charge in [0.1, 0.15) is 10.1 Å². The molecule has 0 spiro atoms. The van der Waals surface area contributed by atoms with Gasteiger partial charge in [0.15, 0.2) is 0 Å². The van der Waals surface area contributed by atoms with Crippen molar-refractivity contribution in [2.45, 2.75) is 42.9 Å². The number of rotatable bonds is 6. The Balaban J connectivity index is 2.06. The first-order valence-corrected chi connectivity index (χ1v) is 8.77. The molecule has 0 aliphatic rings. The molecule has 1 aromatic carbocycles. The molecule has 0 atom stereocenters. The number of hydrogen-bond donors (Lipinski definition) is 1. The van der Waals surface area contributed by atoms with Crippen molar-refractivity contribution < 1.29 is 4.74 Å². The van der Waals surface area contributed by atoms with Crippen molar-refractivity contribution in [3.8, 4) is 5.75 Å². The van der Waals surface area contributed by atoms with Gasteiger partial charge in [0.25, 0.3) is 0 Å². The highest BCUT2D eigenvalue weighted by atomic mass is 32.2. The molecule has 114 valence electrons. The van der Waals surface area contributed by atoms with Crippen LogP contribution in [0.3, 0.4) is 0 Å². The molecule has 0 amide bonds. The third-order valence-corrected chi connectivity index (χ3v) is 4.94. The van der Waals surface area contributed by atoms with Crippen LogP contribution in [0.1, 0.15) is 31.9 Å². The first-order valence-electron chi connectivity index (χ1n) is 6.91. The van der Waals surface area contributed by atoms with Crippen LogP contribution in [0.25, 0.3) is 0 Å². The number of hydrogen-bond acceptors (Lipinski definition) is 5. The van der Waals surface area contributed by atoms with Gasteiger partial charge in [0.2, 0.25) is 0 Å². The molecule has 0 fully saturated rings. The summed E-state index contributed by atoms with van der Waals surface area (Å²) in [5.41, 5.74) is 2.61. The maximum atomic E-state index is 5.46. The summed E-state index contributed by atoms with van der Waals surface area (Å²) in [5.74, 6) is 1.82. The van der Waals surface area contributed by atoms with Crippen molar-refractivity contribution in [1.29, 1.82) is 0 Å². The average Bonchev–Trinajstić information content (AvgIpc) is 2.95. The quantitative estimate of drug-likeness (QED) is 0.803. The van der Waals surface area contributed by atoms with Gasteiger partial charge >= 0.3 is 0 Å². The number of thiazole rings is 1. The predicted molar refractivity (Wildman–Crippen MR) is 91.3 cm³/mol. The van der Waals surface area contributed by atoms with E-state index < -0.39 is 0 Å². The minimum absolute atomic E-state index is 0.121. The summed E-state index contributed by atoms with van der Waals surface area (Å²) >= 11 is 3.42. The van der Waals surface area contributed by atoms with Crippen LogP contribution in [0.2, 0.25) is 0 Å². The highest BCUT2D eigenvalue weighted by molar-refractivity contribution is 8.00. The van der Waals surface area contributed by atoms with Crippen LogP contribution in [-0.2, 0) is 12.3 Å². The van der Waals surface area contributed by atoms with Crippen molar-refractivity contribution in [3.05, 3.63) is 40.9 Å². The summed E-state index contributed by atoms with van der Waals surface area (Å²) in [6, 6.07) is 6.39. The summed E-state index contributed by atoms with van der Waals surface area (Å²) in [6.45, 7) is 7.39. The first-order chi connectivity index (χ1) is 9.98. The van der Waals surface area contributed by atoms with Crippen molar-refractivity contribution in [2.24, 2.45) is 0 Å². The fraction of sp³-hybridized carbons (Fsp3) is 0.438. The third-order valence-electron chi connectivity index (χ3n) is 2.93. The summed E-state index contributed by atoms with van der Waals surface area (Å²) in [5, 5.41) is 5.52. The lowest BCUT2D eigenvalue weighted by molar-refractivity contribution is 0.409. The van der Waals surface area contributed by atoms with Gasteiger partial charge in [0, 0.05) is 35.0 Å². The minimum atomic E-state index is 0.121. The van der Waals surface area contributed by atoms with Gasteiger partial charge in [-0.2, -0.15) is 0 Å². The number of benzene rings is 1. The number of ether oxygens (including phenoxy) is 1. The molecule has 2 rings (SSSR count). The molecular weight excluding hydrogens is 300 g/mol. The normalized spacial score (nSPS) is 11.6. The van der Waals surface area contributed by atoms with Gasteiger partial charge in [-0.05, 0) is 38.5 Å². The van der Waals surface area contributed by atoms with E-state index in [2.05, 4.69) is 49.3 Å². The molecular formula is C16H22N2OS2. The van der Waals surface area contributed by atoms with E-state index in [9.17, 15) is 0 Å². The minimum Gasteiger partial charge on any atom is -0.496 e. The average molecular weight is 322 g/mol. The molecule has 0 aliphatic carbocycles. The van der Waals surface area contributed by atoms with E-state index in [1.54, 1.807) is 30.2 Å². The molecule has 0 saturated carbocycles. The molecule has 1 aromatic heterocycles. The van der Waals surface area contributed by atoms with Crippen molar-refractivity contribution in [3.63, 3.8) is 0 Å². The maximum Gasteiger partial charge on any atom is 0.150 e. The first kappa shape index (κ1) is 16.3. The van der Waals surface area contributed by atoms with Crippen LogP contribution in [0.15, 0.2) is 34.1 Å². The lowest BCUT2D eigenvalue weighted by Crippen LogP contribution is -2.35. The zero-order valence-corrected chi connectivity index (χ0v) is 14.6. The zero-order chi connectivity index (χ0) is 15.3. The van der Waals surface area contributed by atoms with E-state index in [1.807, 2.05) is 11.6 Å². The fourth-order valence-electron chi connectivity index (χ4n) is 1.84. The number of methoxy groups -OCH3 is 1. The second-order valence-electron chi connectivity index (χ2n) is 5.84. The second kappa shape index (κ2) is 7.29. The Morgan fingerprint density at radius 1 is 1.33 bits per heavy atom. The van der Waals surface area contributed by atoms with Crippen LogP contribution >= 0.6 is 23.1 Å². The smallest absolute Gasteiger partial charge is 0.150 e. The maximum absolute atomic E-state index is 5.46. The zero-order valence-electron chi connectivity index (χ0n) is 13.0. The van der Waals surface area contributed by atoms with Gasteiger partial charge < -0.3 is 10.1 Å². The number of nitrogens with one attached hydrogen (secondary N) is 1.